The number of nitrogens with zero attached hydrogens (tertiary/aromatic N) is 5. The minimum Gasteiger partial charge on any atom is -0.480 e. The summed E-state index contributed by atoms with van der Waals surface area (Å²) in [6, 6.07) is -0.248. The number of hydrogen-bond donors (Lipinski definition) is 3. The number of carbonyl (C=O) groups is 3. The maximum atomic E-state index is 13.6. The van der Waals surface area contributed by atoms with Crippen molar-refractivity contribution >= 4 is 29.8 Å². The average molecular weight is 1240 g/mol. The minimum absolute atomic E-state index is 0.000440. The van der Waals surface area contributed by atoms with E-state index in [4.69, 9.17) is 18.9 Å². The Kier molecular flexibility index (Phi) is 19.4. The number of aromatic nitrogens is 2. The van der Waals surface area contributed by atoms with E-state index < -0.39 is 150 Å². The molecule has 4 aliphatic rings. The lowest BCUT2D eigenvalue weighted by molar-refractivity contribution is -0.144. The Balaban J connectivity index is 0.000000244. The highest BCUT2D eigenvalue weighted by atomic mass is 19.4. The second kappa shape index (κ2) is 25.1. The monoisotopic (exact) mass is 1240 g/mol. The zero-order valence-electron chi connectivity index (χ0n) is 44.1. The fraction of sp³-hybridized carbons (Fsp3) is 0.519. The van der Waals surface area contributed by atoms with E-state index in [1.807, 2.05) is 0 Å². The van der Waals surface area contributed by atoms with Crippen molar-refractivity contribution in [2.24, 2.45) is 0 Å². The van der Waals surface area contributed by atoms with E-state index in [-0.39, 0.29) is 66.9 Å². The maximum absolute atomic E-state index is 13.6. The minimum atomic E-state index is -5.17. The largest absolute Gasteiger partial charge is 0.480 e. The van der Waals surface area contributed by atoms with Crippen LogP contribution >= 0.6 is 0 Å². The molecule has 0 radical (unpaired) electrons. The summed E-state index contributed by atoms with van der Waals surface area (Å²) >= 11 is 0. The first-order valence-corrected chi connectivity index (χ1v) is 25.5. The molecule has 0 saturated carbocycles. The van der Waals surface area contributed by atoms with Gasteiger partial charge < -0.3 is 39.4 Å². The number of nitrogens with one attached hydrogen (secondary N) is 1. The van der Waals surface area contributed by atoms with Gasteiger partial charge in [0.25, 0.3) is 0 Å². The summed E-state index contributed by atoms with van der Waals surface area (Å²) in [6.45, 7) is 1.34. The Labute approximate surface area is 469 Å². The van der Waals surface area contributed by atoms with Crippen molar-refractivity contribution in [3.63, 3.8) is 0 Å². The molecule has 4 aromatic rings. The molecule has 85 heavy (non-hydrogen) atoms. The lowest BCUT2D eigenvalue weighted by atomic mass is 9.97. The van der Waals surface area contributed by atoms with Crippen LogP contribution in [0.25, 0.3) is 0 Å². The topological polar surface area (TPSA) is 176 Å². The Morgan fingerprint density at radius 3 is 1.45 bits per heavy atom. The summed E-state index contributed by atoms with van der Waals surface area (Å²) in [4.78, 5) is 48.2. The van der Waals surface area contributed by atoms with Crippen molar-refractivity contribution in [3.8, 4) is 0 Å². The summed E-state index contributed by atoms with van der Waals surface area (Å²) < 4.78 is 263. The van der Waals surface area contributed by atoms with Gasteiger partial charge in [0, 0.05) is 62.0 Å². The van der Waals surface area contributed by atoms with Gasteiger partial charge in [-0.25, -0.2) is 19.6 Å². The molecule has 15 nitrogen and oxygen atoms in total. The molecule has 6 atom stereocenters. The molecule has 4 saturated heterocycles. The van der Waals surface area contributed by atoms with E-state index in [2.05, 4.69) is 15.3 Å². The van der Waals surface area contributed by atoms with Crippen LogP contribution in [0.15, 0.2) is 60.9 Å². The van der Waals surface area contributed by atoms with Crippen LogP contribution in [0.2, 0.25) is 0 Å². The molecule has 468 valence electrons. The van der Waals surface area contributed by atoms with Crippen LogP contribution in [0.4, 0.5) is 100 Å². The molecule has 4 fully saturated rings. The Bertz CT molecular complexity index is 2970. The fourth-order valence-corrected chi connectivity index (χ4v) is 9.99. The summed E-state index contributed by atoms with van der Waals surface area (Å²) in [5.41, 5.74) is -10.4. The molecule has 8 rings (SSSR count). The van der Waals surface area contributed by atoms with Crippen LogP contribution in [0.3, 0.4) is 0 Å². The van der Waals surface area contributed by atoms with E-state index in [0.717, 1.165) is 15.9 Å². The fourth-order valence-electron chi connectivity index (χ4n) is 9.99. The molecule has 3 N–H and O–H groups in total. The predicted molar refractivity (Wildman–Crippen MR) is 257 cm³/mol. The number of halogens is 18. The van der Waals surface area contributed by atoms with Crippen molar-refractivity contribution in [2.75, 3.05) is 43.2 Å². The maximum Gasteiger partial charge on any atom is 0.417 e. The highest BCUT2D eigenvalue weighted by Gasteiger charge is 2.47. The van der Waals surface area contributed by atoms with E-state index in [1.54, 1.807) is 0 Å². The summed E-state index contributed by atoms with van der Waals surface area (Å²) in [6.07, 6.45) is -33.2. The van der Waals surface area contributed by atoms with Crippen molar-refractivity contribution in [1.82, 2.24) is 19.8 Å². The lowest BCUT2D eigenvalue weighted by Gasteiger charge is -2.36. The molecule has 33 heteroatoms. The molecule has 6 heterocycles. The second-order valence-electron chi connectivity index (χ2n) is 20.2. The Morgan fingerprint density at radius 1 is 0.600 bits per heavy atom. The van der Waals surface area contributed by atoms with Gasteiger partial charge in [0.15, 0.2) is 0 Å². The van der Waals surface area contributed by atoms with E-state index in [1.165, 1.54) is 18.7 Å². The molecule has 2 unspecified atom stereocenters. The number of carboxylic acids is 1. The van der Waals surface area contributed by atoms with Gasteiger partial charge in [0.2, 0.25) is 0 Å². The smallest absolute Gasteiger partial charge is 0.417 e. The average Bonchev–Trinajstić information content (AvgIpc) is 2.25. The van der Waals surface area contributed by atoms with Gasteiger partial charge in [-0.3, -0.25) is 14.6 Å². The Hall–Kier alpha value is -7.03. The van der Waals surface area contributed by atoms with Crippen LogP contribution in [0.1, 0.15) is 114 Å². The number of alkyl halides is 18. The Morgan fingerprint density at radius 2 is 1.02 bits per heavy atom. The molecular weight excluding hydrogens is 1190 g/mol. The number of aliphatic hydroxyl groups excluding tert-OH is 1. The number of amides is 2. The number of rotatable bonds is 14. The van der Waals surface area contributed by atoms with E-state index >= 15 is 0 Å². The van der Waals surface area contributed by atoms with Crippen molar-refractivity contribution < 1.29 is 123 Å². The quantitative estimate of drug-likeness (QED) is 0.102. The number of cyclic esters (lactones) is 2. The van der Waals surface area contributed by atoms with Gasteiger partial charge in [0.05, 0.1) is 64.7 Å². The van der Waals surface area contributed by atoms with Crippen LogP contribution < -0.4 is 10.2 Å². The standard InChI is InChI=1S/C26H24F9N3O5.C26H26F9N3O4/c1-13-21(14-6-16(24(27,28)29)9-17(7-14)25(30,31)32)43-23(41)37(13)11-15-8-18(26(33,34)35)10-36-22(15)38(12-20(39)40)19-2-4-42-5-3-19;1-13-21(14-6-16(24(27,28)29)9-17(7-14)25(30,31)32)42-23(40)38(13)12-15-8-18(26(33,34)35)11-36-22(15)37-19-3-5-41-20(10-19)2-4-39/h6-10,13,19,21H,2-5,11-12H2,1H3,(H,39,40);6-9,11,13,19-21,39H,2-5,10,12H2,1H3,(H,36,37)/t13-,21-;13-,19?,20?,21-/m00/s1. The van der Waals surface area contributed by atoms with Gasteiger partial charge in [-0.2, -0.15) is 79.0 Å². The zero-order valence-corrected chi connectivity index (χ0v) is 44.1. The first kappa shape index (κ1) is 65.5. The number of pyridine rings is 2. The van der Waals surface area contributed by atoms with E-state index in [9.17, 15) is 104 Å². The van der Waals surface area contributed by atoms with E-state index in [0.29, 0.717) is 81.4 Å². The van der Waals surface area contributed by atoms with Gasteiger partial charge >= 0.3 is 55.2 Å². The molecule has 0 aliphatic carbocycles. The number of aliphatic hydroxyl groups is 1. The molecule has 2 aromatic heterocycles. The predicted octanol–water partition coefficient (Wildman–Crippen LogP) is 12.9. The zero-order chi connectivity index (χ0) is 62.9. The summed E-state index contributed by atoms with van der Waals surface area (Å²) in [7, 11) is 0. The SMILES string of the molecule is C[C@H]1[C@@H](c2cc(C(F)(F)F)cc(C(F)(F)F)c2)OC(=O)N1Cc1cc(C(F)(F)F)cnc1N(CC(=O)O)C1CCOCC1.C[C@H]1[C@@H](c2cc(C(F)(F)F)cc(C(F)(F)F)c2)OC(=O)N1Cc1cc(C(F)(F)F)cnc1NC1CCOC(CCO)C1. The highest BCUT2D eigenvalue weighted by molar-refractivity contribution is 5.75. The highest BCUT2D eigenvalue weighted by Crippen LogP contribution is 2.45. The molecular formula is C52H50F18N6O9. The molecule has 2 amide bonds. The van der Waals surface area contributed by atoms with Gasteiger partial charge in [-0.05, 0) is 106 Å². The number of benzene rings is 2. The number of anilines is 2. The number of carbonyl (C=O) groups excluding carboxylic acids is 2. The van der Waals surface area contributed by atoms with Gasteiger partial charge in [-0.1, -0.05) is 0 Å². The van der Waals surface area contributed by atoms with Crippen LogP contribution in [-0.4, -0.2) is 111 Å². The van der Waals surface area contributed by atoms with Crippen LogP contribution in [-0.2, 0) is 73.9 Å². The van der Waals surface area contributed by atoms with Crippen LogP contribution in [0, 0.1) is 0 Å². The van der Waals surface area contributed by atoms with Crippen molar-refractivity contribution in [2.45, 2.75) is 139 Å². The van der Waals surface area contributed by atoms with Gasteiger partial charge in [-0.15, -0.1) is 0 Å². The second-order valence-corrected chi connectivity index (χ2v) is 20.2. The van der Waals surface area contributed by atoms with Crippen molar-refractivity contribution in [3.05, 3.63) is 117 Å². The number of carboxylic acid groups (broad SMARTS) is 1. The third kappa shape index (κ3) is 16.1. The summed E-state index contributed by atoms with van der Waals surface area (Å²) in [5.74, 6) is -1.51. The first-order chi connectivity index (χ1) is 39.3. The third-order valence-corrected chi connectivity index (χ3v) is 14.3. The van der Waals surface area contributed by atoms with Crippen molar-refractivity contribution in [1.29, 1.82) is 0 Å². The normalized spacial score (nSPS) is 22.0. The third-order valence-electron chi connectivity index (χ3n) is 14.3. The van der Waals surface area contributed by atoms with Gasteiger partial charge in [0.1, 0.15) is 30.4 Å². The number of hydrogen-bond acceptors (Lipinski definition) is 12. The first-order valence-electron chi connectivity index (χ1n) is 25.5. The lowest BCUT2D eigenvalue weighted by Crippen LogP contribution is -2.44. The number of ether oxygens (including phenoxy) is 4. The number of aliphatic carboxylic acids is 1. The molecule has 0 bridgehead atoms. The molecule has 0 spiro atoms. The molecule has 4 aliphatic heterocycles. The van der Waals surface area contributed by atoms with Crippen LogP contribution in [0.5, 0.6) is 0 Å². The summed E-state index contributed by atoms with van der Waals surface area (Å²) in [5, 5.41) is 21.7. The molecule has 2 aromatic carbocycles.